The number of methoxy groups -OCH3 is 1. The Morgan fingerprint density at radius 3 is 2.67 bits per heavy atom. The van der Waals surface area contributed by atoms with E-state index in [0.29, 0.717) is 6.42 Å². The van der Waals surface area contributed by atoms with Crippen LogP contribution in [0.4, 0.5) is 0 Å². The Labute approximate surface area is 90.2 Å². The summed E-state index contributed by atoms with van der Waals surface area (Å²) in [7, 11) is 1.36. The maximum atomic E-state index is 11.0. The molecule has 0 fully saturated rings. The van der Waals surface area contributed by atoms with Crippen molar-refractivity contribution in [3.63, 3.8) is 0 Å². The van der Waals surface area contributed by atoms with Gasteiger partial charge in [0.25, 0.3) is 0 Å². The first-order valence-electron chi connectivity index (χ1n) is 5.11. The van der Waals surface area contributed by atoms with E-state index in [-0.39, 0.29) is 5.97 Å². The summed E-state index contributed by atoms with van der Waals surface area (Å²) in [4.78, 5) is 11.0. The Hall–Kier alpha value is -1.35. The van der Waals surface area contributed by atoms with Crippen LogP contribution in [0, 0.1) is 0 Å². The van der Waals surface area contributed by atoms with Gasteiger partial charge < -0.3 is 10.5 Å². The van der Waals surface area contributed by atoms with Crippen molar-refractivity contribution in [2.45, 2.75) is 25.3 Å². The molecular weight excluding hydrogens is 190 g/mol. The van der Waals surface area contributed by atoms with Crippen molar-refractivity contribution in [2.24, 2.45) is 5.73 Å². The van der Waals surface area contributed by atoms with Gasteiger partial charge in [-0.3, -0.25) is 4.79 Å². The van der Waals surface area contributed by atoms with Gasteiger partial charge in [0.05, 0.1) is 7.11 Å². The minimum atomic E-state index is -0.487. The number of nitrogens with two attached hydrogens (primary N) is 1. The molecule has 0 radical (unpaired) electrons. The molecule has 1 aromatic carbocycles. The number of rotatable bonds is 5. The summed E-state index contributed by atoms with van der Waals surface area (Å²) in [5, 5.41) is 0. The number of hydrogen-bond donors (Lipinski definition) is 1. The lowest BCUT2D eigenvalue weighted by Crippen LogP contribution is -2.31. The fraction of sp³-hybridized carbons (Fsp3) is 0.417. The summed E-state index contributed by atoms with van der Waals surface area (Å²) in [6, 6.07) is 9.67. The Balaban J connectivity index is 2.25. The van der Waals surface area contributed by atoms with E-state index in [0.717, 1.165) is 12.8 Å². The van der Waals surface area contributed by atoms with E-state index in [1.807, 2.05) is 18.2 Å². The number of carbonyl (C=O) groups is 1. The van der Waals surface area contributed by atoms with Gasteiger partial charge in [-0.05, 0) is 24.8 Å². The molecule has 0 aliphatic heterocycles. The minimum Gasteiger partial charge on any atom is -0.468 e. The largest absolute Gasteiger partial charge is 0.468 e. The van der Waals surface area contributed by atoms with Crippen LogP contribution < -0.4 is 5.73 Å². The summed E-state index contributed by atoms with van der Waals surface area (Å²) in [5.74, 6) is -0.330. The average molecular weight is 207 g/mol. The number of ether oxygens (including phenoxy) is 1. The second kappa shape index (κ2) is 6.19. The highest BCUT2D eigenvalue weighted by Crippen LogP contribution is 2.06. The topological polar surface area (TPSA) is 52.3 Å². The van der Waals surface area contributed by atoms with Gasteiger partial charge in [-0.1, -0.05) is 30.3 Å². The molecule has 0 aliphatic rings. The zero-order chi connectivity index (χ0) is 11.1. The average Bonchev–Trinajstić information content (AvgIpc) is 2.29. The third kappa shape index (κ3) is 4.13. The normalized spacial score (nSPS) is 12.1. The molecular formula is C12H17NO2. The second-order valence-electron chi connectivity index (χ2n) is 3.51. The molecule has 3 nitrogen and oxygen atoms in total. The lowest BCUT2D eigenvalue weighted by molar-refractivity contribution is -0.142. The lowest BCUT2D eigenvalue weighted by atomic mass is 10.1. The molecule has 0 bridgehead atoms. The first kappa shape index (κ1) is 11.7. The van der Waals surface area contributed by atoms with Crippen LogP contribution in [0.2, 0.25) is 0 Å². The maximum absolute atomic E-state index is 11.0. The third-order valence-corrected chi connectivity index (χ3v) is 2.33. The molecule has 0 aliphatic carbocycles. The molecule has 15 heavy (non-hydrogen) atoms. The molecule has 0 saturated heterocycles. The summed E-state index contributed by atoms with van der Waals surface area (Å²) in [5.41, 5.74) is 6.89. The zero-order valence-corrected chi connectivity index (χ0v) is 8.98. The molecule has 0 unspecified atom stereocenters. The molecule has 3 heteroatoms. The molecule has 0 spiro atoms. The van der Waals surface area contributed by atoms with Gasteiger partial charge in [-0.25, -0.2) is 0 Å². The minimum absolute atomic E-state index is 0.330. The molecule has 0 heterocycles. The van der Waals surface area contributed by atoms with Crippen LogP contribution in [0.1, 0.15) is 18.4 Å². The summed E-state index contributed by atoms with van der Waals surface area (Å²) >= 11 is 0. The van der Waals surface area contributed by atoms with Gasteiger partial charge in [0.15, 0.2) is 0 Å². The first-order valence-corrected chi connectivity index (χ1v) is 5.11. The fourth-order valence-corrected chi connectivity index (χ4v) is 1.44. The van der Waals surface area contributed by atoms with Crippen LogP contribution in [0.3, 0.4) is 0 Å². The Kier molecular flexibility index (Phi) is 4.84. The summed E-state index contributed by atoms with van der Waals surface area (Å²) in [6.45, 7) is 0. The van der Waals surface area contributed by atoms with E-state index in [4.69, 9.17) is 5.73 Å². The quantitative estimate of drug-likeness (QED) is 0.744. The van der Waals surface area contributed by atoms with Crippen LogP contribution in [0.25, 0.3) is 0 Å². The summed E-state index contributed by atoms with van der Waals surface area (Å²) in [6.07, 6.45) is 2.52. The SMILES string of the molecule is COC(=O)[C@H](N)CCCc1ccccc1. The fourth-order valence-electron chi connectivity index (χ4n) is 1.44. The van der Waals surface area contributed by atoms with Crippen molar-refractivity contribution >= 4 is 5.97 Å². The van der Waals surface area contributed by atoms with Crippen molar-refractivity contribution in [2.75, 3.05) is 7.11 Å². The number of benzene rings is 1. The van der Waals surface area contributed by atoms with Gasteiger partial charge >= 0.3 is 5.97 Å². The number of esters is 1. The van der Waals surface area contributed by atoms with E-state index in [9.17, 15) is 4.79 Å². The second-order valence-corrected chi connectivity index (χ2v) is 3.51. The van der Waals surface area contributed by atoms with Gasteiger partial charge in [0, 0.05) is 0 Å². The lowest BCUT2D eigenvalue weighted by Gasteiger charge is -2.08. The van der Waals surface area contributed by atoms with Crippen LogP contribution in [-0.4, -0.2) is 19.1 Å². The van der Waals surface area contributed by atoms with E-state index < -0.39 is 6.04 Å². The van der Waals surface area contributed by atoms with Crippen molar-refractivity contribution in [1.82, 2.24) is 0 Å². The molecule has 0 amide bonds. The molecule has 2 N–H and O–H groups in total. The summed E-state index contributed by atoms with van der Waals surface area (Å²) < 4.78 is 4.55. The number of aryl methyl sites for hydroxylation is 1. The van der Waals surface area contributed by atoms with Gasteiger partial charge in [0.1, 0.15) is 6.04 Å². The smallest absolute Gasteiger partial charge is 0.322 e. The Morgan fingerprint density at radius 1 is 1.40 bits per heavy atom. The predicted molar refractivity (Wildman–Crippen MR) is 59.4 cm³/mol. The Bertz CT molecular complexity index is 298. The molecule has 82 valence electrons. The Morgan fingerprint density at radius 2 is 2.07 bits per heavy atom. The maximum Gasteiger partial charge on any atom is 0.322 e. The van der Waals surface area contributed by atoms with Crippen LogP contribution in [-0.2, 0) is 16.0 Å². The van der Waals surface area contributed by atoms with Gasteiger partial charge in [-0.15, -0.1) is 0 Å². The van der Waals surface area contributed by atoms with Crippen molar-refractivity contribution in [1.29, 1.82) is 0 Å². The molecule has 0 saturated carbocycles. The predicted octanol–water partition coefficient (Wildman–Crippen LogP) is 1.51. The van der Waals surface area contributed by atoms with Crippen LogP contribution in [0.5, 0.6) is 0 Å². The molecule has 0 aromatic heterocycles. The van der Waals surface area contributed by atoms with Crippen molar-refractivity contribution in [3.05, 3.63) is 35.9 Å². The van der Waals surface area contributed by atoms with E-state index in [1.54, 1.807) is 0 Å². The van der Waals surface area contributed by atoms with E-state index in [1.165, 1.54) is 12.7 Å². The van der Waals surface area contributed by atoms with Crippen LogP contribution >= 0.6 is 0 Å². The zero-order valence-electron chi connectivity index (χ0n) is 8.98. The van der Waals surface area contributed by atoms with Crippen molar-refractivity contribution in [3.8, 4) is 0 Å². The van der Waals surface area contributed by atoms with E-state index >= 15 is 0 Å². The highest BCUT2D eigenvalue weighted by molar-refractivity contribution is 5.75. The van der Waals surface area contributed by atoms with Crippen LogP contribution in [0.15, 0.2) is 30.3 Å². The van der Waals surface area contributed by atoms with Crippen molar-refractivity contribution < 1.29 is 9.53 Å². The first-order chi connectivity index (χ1) is 7.24. The van der Waals surface area contributed by atoms with Gasteiger partial charge in [-0.2, -0.15) is 0 Å². The highest BCUT2D eigenvalue weighted by Gasteiger charge is 2.12. The van der Waals surface area contributed by atoms with E-state index in [2.05, 4.69) is 16.9 Å². The molecule has 1 atom stereocenters. The molecule has 1 rings (SSSR count). The number of carbonyl (C=O) groups excluding carboxylic acids is 1. The highest BCUT2D eigenvalue weighted by atomic mass is 16.5. The third-order valence-electron chi connectivity index (χ3n) is 2.33. The molecule has 1 aromatic rings. The number of hydrogen-bond acceptors (Lipinski definition) is 3. The van der Waals surface area contributed by atoms with Gasteiger partial charge in [0.2, 0.25) is 0 Å². The standard InChI is InChI=1S/C12H17NO2/c1-15-12(14)11(13)9-5-8-10-6-3-2-4-7-10/h2-4,6-7,11H,5,8-9,13H2,1H3/t11-/m1/s1. The monoisotopic (exact) mass is 207 g/mol.